The van der Waals surface area contributed by atoms with Crippen LogP contribution in [0.25, 0.3) is 60.1 Å². The van der Waals surface area contributed by atoms with Crippen molar-refractivity contribution in [1.29, 1.82) is 5.41 Å². The molecular weight excluding hydrogens is 548 g/mol. The maximum atomic E-state index is 8.94. The highest BCUT2D eigenvalue weighted by Crippen LogP contribution is 2.44. The number of fused-ring (bicyclic) bond motifs is 3. The molecule has 0 spiro atoms. The second-order valence-corrected chi connectivity index (χ2v) is 11.1. The molecule has 0 saturated heterocycles. The fourth-order valence-corrected chi connectivity index (χ4v) is 6.39. The first-order valence-corrected chi connectivity index (χ1v) is 15.0. The second-order valence-electron chi connectivity index (χ2n) is 11.1. The van der Waals surface area contributed by atoms with Crippen LogP contribution in [0.2, 0.25) is 0 Å². The molecule has 7 aromatic rings. The van der Waals surface area contributed by atoms with Crippen molar-refractivity contribution >= 4 is 55.0 Å². The maximum absolute atomic E-state index is 8.94. The lowest BCUT2D eigenvalue weighted by atomic mass is 9.83. The molecular formula is C41H28N4. The van der Waals surface area contributed by atoms with Crippen LogP contribution in [0.15, 0.2) is 163 Å². The Morgan fingerprint density at radius 3 is 1.93 bits per heavy atom. The lowest BCUT2D eigenvalue weighted by Gasteiger charge is -2.20. The standard InChI is InChI=1S/C41H28N4/c42-38-25-29(21-22-39(38)45-44-31-14-7-12-28(24-31)30-13-9-23-43-26-30)40-34-16-3-5-18-36(34)41(37-19-6-4-17-35(37)40)33-20-8-11-27-10-1-2-15-32(27)33/h1-26,42,44H/b42-38?,45-39-. The molecule has 8 rings (SSSR count). The molecule has 1 aliphatic rings. The molecule has 0 unspecified atom stereocenters. The van der Waals surface area contributed by atoms with Crippen LogP contribution in [0, 0.1) is 5.41 Å². The summed E-state index contributed by atoms with van der Waals surface area (Å²) in [4.78, 5) is 4.23. The van der Waals surface area contributed by atoms with Gasteiger partial charge in [-0.25, -0.2) is 0 Å². The number of aromatic nitrogens is 1. The predicted molar refractivity (Wildman–Crippen MR) is 190 cm³/mol. The largest absolute Gasteiger partial charge is 0.299 e. The van der Waals surface area contributed by atoms with Gasteiger partial charge in [-0.3, -0.25) is 15.8 Å². The van der Waals surface area contributed by atoms with Crippen LogP contribution in [0.1, 0.15) is 5.56 Å². The molecule has 0 radical (unpaired) electrons. The number of anilines is 1. The summed E-state index contributed by atoms with van der Waals surface area (Å²) < 4.78 is 0. The highest BCUT2D eigenvalue weighted by Gasteiger charge is 2.20. The van der Waals surface area contributed by atoms with Crippen LogP contribution in [0.5, 0.6) is 0 Å². The number of hydrogen-bond acceptors (Lipinski definition) is 4. The third-order valence-corrected chi connectivity index (χ3v) is 8.44. The third-order valence-electron chi connectivity index (χ3n) is 8.44. The van der Waals surface area contributed by atoms with E-state index in [0.717, 1.165) is 38.7 Å². The average molecular weight is 577 g/mol. The van der Waals surface area contributed by atoms with Gasteiger partial charge in [-0.05, 0) is 90.5 Å². The number of benzene rings is 6. The highest BCUT2D eigenvalue weighted by molar-refractivity contribution is 6.52. The minimum Gasteiger partial charge on any atom is -0.299 e. The summed E-state index contributed by atoms with van der Waals surface area (Å²) in [6, 6.07) is 44.4. The van der Waals surface area contributed by atoms with E-state index in [2.05, 4.69) is 113 Å². The van der Waals surface area contributed by atoms with Crippen LogP contribution in [0.3, 0.4) is 0 Å². The summed E-state index contributed by atoms with van der Waals surface area (Å²) in [7, 11) is 0. The minimum atomic E-state index is 0.356. The van der Waals surface area contributed by atoms with E-state index in [1.54, 1.807) is 6.20 Å². The van der Waals surface area contributed by atoms with E-state index in [0.29, 0.717) is 11.4 Å². The van der Waals surface area contributed by atoms with E-state index in [1.807, 2.05) is 54.7 Å². The summed E-state index contributed by atoms with van der Waals surface area (Å²) in [6.45, 7) is 0. The Labute approximate surface area is 261 Å². The topological polar surface area (TPSA) is 61.1 Å². The molecule has 212 valence electrons. The van der Waals surface area contributed by atoms with Crippen LogP contribution < -0.4 is 5.43 Å². The SMILES string of the molecule is N=C1C=C(c2c3ccccc3c(-c3cccc4ccccc34)c3ccccc23)C=C/C1=N/Nc1cccc(-c2cccnc2)c1. The molecule has 45 heavy (non-hydrogen) atoms. The van der Waals surface area contributed by atoms with Gasteiger partial charge < -0.3 is 0 Å². The van der Waals surface area contributed by atoms with Crippen molar-refractivity contribution in [3.05, 3.63) is 164 Å². The lowest BCUT2D eigenvalue weighted by molar-refractivity contribution is 1.32. The lowest BCUT2D eigenvalue weighted by Crippen LogP contribution is -2.13. The highest BCUT2D eigenvalue weighted by atomic mass is 15.3. The molecule has 0 atom stereocenters. The quantitative estimate of drug-likeness (QED) is 0.122. The van der Waals surface area contributed by atoms with Gasteiger partial charge in [0, 0.05) is 18.0 Å². The van der Waals surface area contributed by atoms with Gasteiger partial charge in [0.25, 0.3) is 0 Å². The molecule has 0 aliphatic heterocycles. The van der Waals surface area contributed by atoms with Gasteiger partial charge in [0.2, 0.25) is 0 Å². The predicted octanol–water partition coefficient (Wildman–Crippen LogP) is 10.3. The number of hydrazone groups is 1. The number of hydrogen-bond donors (Lipinski definition) is 2. The van der Waals surface area contributed by atoms with Gasteiger partial charge in [0.15, 0.2) is 0 Å². The second kappa shape index (κ2) is 11.2. The molecule has 1 aliphatic carbocycles. The van der Waals surface area contributed by atoms with Gasteiger partial charge >= 0.3 is 0 Å². The first-order valence-electron chi connectivity index (χ1n) is 15.0. The van der Waals surface area contributed by atoms with Gasteiger partial charge in [-0.15, -0.1) is 0 Å². The van der Waals surface area contributed by atoms with Gasteiger partial charge in [-0.2, -0.15) is 5.10 Å². The summed E-state index contributed by atoms with van der Waals surface area (Å²) in [5, 5.41) is 20.7. The van der Waals surface area contributed by atoms with E-state index >= 15 is 0 Å². The molecule has 4 heteroatoms. The molecule has 0 saturated carbocycles. The minimum absolute atomic E-state index is 0.356. The Balaban J connectivity index is 1.21. The van der Waals surface area contributed by atoms with Crippen molar-refractivity contribution in [2.45, 2.75) is 0 Å². The van der Waals surface area contributed by atoms with Crippen molar-refractivity contribution in [3.8, 4) is 22.3 Å². The van der Waals surface area contributed by atoms with Gasteiger partial charge in [0.05, 0.1) is 11.4 Å². The smallest absolute Gasteiger partial charge is 0.108 e. The molecule has 0 fully saturated rings. The number of nitrogens with zero attached hydrogens (tertiary/aromatic N) is 2. The molecule has 1 heterocycles. The number of nitrogens with one attached hydrogen (secondary N) is 2. The number of pyridine rings is 1. The molecule has 2 N–H and O–H groups in total. The summed E-state index contributed by atoms with van der Waals surface area (Å²) in [6.07, 6.45) is 9.55. The van der Waals surface area contributed by atoms with Crippen molar-refractivity contribution in [3.63, 3.8) is 0 Å². The van der Waals surface area contributed by atoms with Crippen molar-refractivity contribution in [2.24, 2.45) is 5.10 Å². The molecule has 6 aromatic carbocycles. The van der Waals surface area contributed by atoms with Crippen LogP contribution in [-0.4, -0.2) is 16.4 Å². The Morgan fingerprint density at radius 1 is 0.578 bits per heavy atom. The molecule has 1 aromatic heterocycles. The van der Waals surface area contributed by atoms with E-state index in [-0.39, 0.29) is 0 Å². The van der Waals surface area contributed by atoms with Gasteiger partial charge in [0.1, 0.15) is 5.71 Å². The number of allylic oxidation sites excluding steroid dienone is 4. The molecule has 0 amide bonds. The first kappa shape index (κ1) is 26.5. The van der Waals surface area contributed by atoms with Crippen LogP contribution >= 0.6 is 0 Å². The third kappa shape index (κ3) is 4.79. The van der Waals surface area contributed by atoms with E-state index in [1.165, 1.54) is 32.7 Å². The zero-order valence-electron chi connectivity index (χ0n) is 24.4. The zero-order chi connectivity index (χ0) is 30.2. The fraction of sp³-hybridized carbons (Fsp3) is 0. The first-order chi connectivity index (χ1) is 22.2. The summed E-state index contributed by atoms with van der Waals surface area (Å²) >= 11 is 0. The molecule has 4 nitrogen and oxygen atoms in total. The zero-order valence-corrected chi connectivity index (χ0v) is 24.4. The van der Waals surface area contributed by atoms with E-state index in [9.17, 15) is 0 Å². The monoisotopic (exact) mass is 576 g/mol. The number of rotatable bonds is 5. The average Bonchev–Trinajstić information content (AvgIpc) is 3.10. The van der Waals surface area contributed by atoms with Crippen molar-refractivity contribution in [2.75, 3.05) is 5.43 Å². The summed E-state index contributed by atoms with van der Waals surface area (Å²) in [5.74, 6) is 0. The Kier molecular flexibility index (Phi) is 6.58. The van der Waals surface area contributed by atoms with Crippen LogP contribution in [-0.2, 0) is 0 Å². The van der Waals surface area contributed by atoms with Crippen LogP contribution in [0.4, 0.5) is 5.69 Å². The normalized spacial score (nSPS) is 13.9. The Bertz CT molecular complexity index is 2300. The molecule has 0 bridgehead atoms. The Morgan fingerprint density at radius 2 is 1.22 bits per heavy atom. The van der Waals surface area contributed by atoms with E-state index < -0.39 is 0 Å². The summed E-state index contributed by atoms with van der Waals surface area (Å²) in [5.41, 5.74) is 11.6. The van der Waals surface area contributed by atoms with Crippen molar-refractivity contribution in [1.82, 2.24) is 4.98 Å². The maximum Gasteiger partial charge on any atom is 0.108 e. The Hall–Kier alpha value is -6.13. The fourth-order valence-electron chi connectivity index (χ4n) is 6.39. The van der Waals surface area contributed by atoms with Gasteiger partial charge in [-0.1, -0.05) is 115 Å². The van der Waals surface area contributed by atoms with E-state index in [4.69, 9.17) is 5.41 Å². The van der Waals surface area contributed by atoms with Crippen molar-refractivity contribution < 1.29 is 0 Å².